The molecule has 0 saturated heterocycles. The molecule has 1 aliphatic rings. The highest BCUT2D eigenvalue weighted by Gasteiger charge is 2.33. The summed E-state index contributed by atoms with van der Waals surface area (Å²) in [6.07, 6.45) is 0.0772. The molecule has 0 saturated carbocycles. The molecule has 0 radical (unpaired) electrons. The van der Waals surface area contributed by atoms with Crippen molar-refractivity contribution in [3.05, 3.63) is 57.9 Å². The van der Waals surface area contributed by atoms with E-state index >= 15 is 0 Å². The molecule has 1 unspecified atom stereocenters. The lowest BCUT2D eigenvalue weighted by molar-refractivity contribution is -0.127. The standard InChI is InChI=1S/C25H27N3O4S/c1-15-5-7-19(11-16(15)2)26-23(29)13-28-21-12-18(6-8-22(21)32-17(3)25(28)30)20-14-33-24(27-20)9-10-31-4/h5-8,11-12,14,17H,9-10,13H2,1-4H3,(H,26,29). The van der Waals surface area contributed by atoms with Crippen LogP contribution in [-0.4, -0.2) is 43.2 Å². The number of nitrogens with zero attached hydrogens (tertiary/aromatic N) is 2. The third kappa shape index (κ3) is 5.07. The van der Waals surface area contributed by atoms with Gasteiger partial charge in [-0.3, -0.25) is 14.5 Å². The largest absolute Gasteiger partial charge is 0.479 e. The summed E-state index contributed by atoms with van der Waals surface area (Å²) in [6, 6.07) is 11.4. The van der Waals surface area contributed by atoms with Gasteiger partial charge in [0.15, 0.2) is 6.10 Å². The van der Waals surface area contributed by atoms with E-state index in [9.17, 15) is 9.59 Å². The molecule has 0 fully saturated rings. The minimum absolute atomic E-state index is 0.105. The number of hydrogen-bond donors (Lipinski definition) is 1. The van der Waals surface area contributed by atoms with Gasteiger partial charge in [0.25, 0.3) is 5.91 Å². The molecule has 2 aromatic carbocycles. The van der Waals surface area contributed by atoms with Gasteiger partial charge in [0.1, 0.15) is 12.3 Å². The Bertz CT molecular complexity index is 1190. The zero-order valence-corrected chi connectivity index (χ0v) is 20.0. The van der Waals surface area contributed by atoms with Crippen LogP contribution in [0, 0.1) is 13.8 Å². The molecule has 2 heterocycles. The van der Waals surface area contributed by atoms with E-state index in [4.69, 9.17) is 9.47 Å². The zero-order valence-electron chi connectivity index (χ0n) is 19.2. The van der Waals surface area contributed by atoms with Crippen molar-refractivity contribution in [2.24, 2.45) is 0 Å². The number of fused-ring (bicyclic) bond motifs is 1. The van der Waals surface area contributed by atoms with Crippen LogP contribution >= 0.6 is 11.3 Å². The predicted molar refractivity (Wildman–Crippen MR) is 130 cm³/mol. The number of amides is 2. The number of benzene rings is 2. The summed E-state index contributed by atoms with van der Waals surface area (Å²) in [5.41, 5.74) is 5.19. The van der Waals surface area contributed by atoms with E-state index < -0.39 is 6.10 Å². The monoisotopic (exact) mass is 465 g/mol. The highest BCUT2D eigenvalue weighted by atomic mass is 32.1. The van der Waals surface area contributed by atoms with Gasteiger partial charge < -0.3 is 14.8 Å². The molecule has 1 N–H and O–H groups in total. The summed E-state index contributed by atoms with van der Waals surface area (Å²) in [4.78, 5) is 31.9. The number of methoxy groups -OCH3 is 1. The van der Waals surface area contributed by atoms with Crippen LogP contribution in [0.4, 0.5) is 11.4 Å². The van der Waals surface area contributed by atoms with Crippen LogP contribution < -0.4 is 15.0 Å². The molecule has 4 rings (SSSR count). The molecule has 0 spiro atoms. The third-order valence-electron chi connectivity index (χ3n) is 5.63. The van der Waals surface area contributed by atoms with Gasteiger partial charge in [-0.1, -0.05) is 6.07 Å². The van der Waals surface area contributed by atoms with Gasteiger partial charge in [0.05, 0.1) is 23.0 Å². The molecule has 1 atom stereocenters. The Morgan fingerprint density at radius 2 is 2.03 bits per heavy atom. The second-order valence-corrected chi connectivity index (χ2v) is 9.03. The van der Waals surface area contributed by atoms with Gasteiger partial charge in [-0.2, -0.15) is 0 Å². The van der Waals surface area contributed by atoms with Gasteiger partial charge in [-0.05, 0) is 62.2 Å². The second-order valence-electron chi connectivity index (χ2n) is 8.08. The lowest BCUT2D eigenvalue weighted by Crippen LogP contribution is -2.47. The SMILES string of the molecule is COCCc1nc(-c2ccc3c(c2)N(CC(=O)Nc2ccc(C)c(C)c2)C(=O)C(C)O3)cs1. The molecule has 33 heavy (non-hydrogen) atoms. The Hall–Kier alpha value is -3.23. The topological polar surface area (TPSA) is 80.8 Å². The smallest absolute Gasteiger partial charge is 0.268 e. The van der Waals surface area contributed by atoms with E-state index in [2.05, 4.69) is 10.3 Å². The van der Waals surface area contributed by atoms with Crippen LogP contribution in [0.15, 0.2) is 41.8 Å². The Balaban J connectivity index is 1.58. The first-order valence-corrected chi connectivity index (χ1v) is 11.7. The summed E-state index contributed by atoms with van der Waals surface area (Å²) in [5, 5.41) is 5.86. The van der Waals surface area contributed by atoms with E-state index in [1.165, 1.54) is 4.90 Å². The molecule has 1 aromatic heterocycles. The molecule has 0 aliphatic carbocycles. The summed E-state index contributed by atoms with van der Waals surface area (Å²) in [5.74, 6) is 0.0428. The Kier molecular flexibility index (Phi) is 6.76. The molecular formula is C25H27N3O4S. The number of thiazole rings is 1. The first-order valence-electron chi connectivity index (χ1n) is 10.8. The molecule has 3 aromatic rings. The highest BCUT2D eigenvalue weighted by molar-refractivity contribution is 7.09. The quantitative estimate of drug-likeness (QED) is 0.561. The molecule has 7 nitrogen and oxygen atoms in total. The number of ether oxygens (including phenoxy) is 2. The highest BCUT2D eigenvalue weighted by Crippen LogP contribution is 2.37. The van der Waals surface area contributed by atoms with Gasteiger partial charge in [-0.15, -0.1) is 11.3 Å². The summed E-state index contributed by atoms with van der Waals surface area (Å²) in [7, 11) is 1.67. The molecule has 172 valence electrons. The normalized spacial score (nSPS) is 15.2. The number of carbonyl (C=O) groups is 2. The van der Waals surface area contributed by atoms with Crippen LogP contribution in [0.5, 0.6) is 5.75 Å². The maximum absolute atomic E-state index is 12.9. The van der Waals surface area contributed by atoms with E-state index in [1.807, 2.05) is 55.6 Å². The fourth-order valence-corrected chi connectivity index (χ4v) is 4.43. The minimum atomic E-state index is -0.669. The van der Waals surface area contributed by atoms with Crippen molar-refractivity contribution < 1.29 is 19.1 Å². The maximum atomic E-state index is 12.9. The van der Waals surface area contributed by atoms with Gasteiger partial charge in [0.2, 0.25) is 5.91 Å². The number of nitrogens with one attached hydrogen (secondary N) is 1. The lowest BCUT2D eigenvalue weighted by atomic mass is 10.1. The zero-order chi connectivity index (χ0) is 23.5. The fourth-order valence-electron chi connectivity index (χ4n) is 3.64. The number of hydrogen-bond acceptors (Lipinski definition) is 6. The Labute approximate surface area is 197 Å². The third-order valence-corrected chi connectivity index (χ3v) is 6.54. The number of aromatic nitrogens is 1. The molecular weight excluding hydrogens is 438 g/mol. The Morgan fingerprint density at radius 3 is 2.79 bits per heavy atom. The molecule has 1 aliphatic heterocycles. The van der Waals surface area contributed by atoms with Crippen LogP contribution in [0.1, 0.15) is 23.1 Å². The first-order chi connectivity index (χ1) is 15.9. The van der Waals surface area contributed by atoms with Crippen molar-refractivity contribution >= 4 is 34.5 Å². The van der Waals surface area contributed by atoms with Crippen molar-refractivity contribution in [1.29, 1.82) is 0 Å². The Morgan fingerprint density at radius 1 is 1.21 bits per heavy atom. The number of anilines is 2. The van der Waals surface area contributed by atoms with Crippen molar-refractivity contribution in [1.82, 2.24) is 4.98 Å². The maximum Gasteiger partial charge on any atom is 0.268 e. The number of aryl methyl sites for hydroxylation is 2. The number of carbonyl (C=O) groups excluding carboxylic acids is 2. The van der Waals surface area contributed by atoms with Crippen molar-refractivity contribution in [2.75, 3.05) is 30.5 Å². The summed E-state index contributed by atoms with van der Waals surface area (Å²) >= 11 is 1.57. The van der Waals surface area contributed by atoms with Crippen LogP contribution in [0.3, 0.4) is 0 Å². The van der Waals surface area contributed by atoms with Crippen molar-refractivity contribution in [2.45, 2.75) is 33.3 Å². The molecule has 2 amide bonds. The second kappa shape index (κ2) is 9.72. The van der Waals surface area contributed by atoms with Crippen LogP contribution in [0.25, 0.3) is 11.3 Å². The van der Waals surface area contributed by atoms with Crippen LogP contribution in [0.2, 0.25) is 0 Å². The summed E-state index contributed by atoms with van der Waals surface area (Å²) < 4.78 is 10.9. The van der Waals surface area contributed by atoms with Gasteiger partial charge >= 0.3 is 0 Å². The fraction of sp³-hybridized carbons (Fsp3) is 0.320. The van der Waals surface area contributed by atoms with E-state index in [-0.39, 0.29) is 18.4 Å². The molecule has 8 heteroatoms. The molecule has 0 bridgehead atoms. The lowest BCUT2D eigenvalue weighted by Gasteiger charge is -2.32. The average molecular weight is 466 g/mol. The van der Waals surface area contributed by atoms with Gasteiger partial charge in [0, 0.05) is 30.2 Å². The predicted octanol–water partition coefficient (Wildman–Crippen LogP) is 4.37. The van der Waals surface area contributed by atoms with E-state index in [1.54, 1.807) is 25.4 Å². The van der Waals surface area contributed by atoms with Crippen molar-refractivity contribution in [3.8, 4) is 17.0 Å². The average Bonchev–Trinajstić information content (AvgIpc) is 3.27. The number of rotatable bonds is 7. The summed E-state index contributed by atoms with van der Waals surface area (Å²) in [6.45, 7) is 6.21. The van der Waals surface area contributed by atoms with Crippen LogP contribution in [-0.2, 0) is 20.7 Å². The minimum Gasteiger partial charge on any atom is -0.479 e. The first kappa shape index (κ1) is 22.9. The van der Waals surface area contributed by atoms with E-state index in [0.717, 1.165) is 33.8 Å². The van der Waals surface area contributed by atoms with E-state index in [0.29, 0.717) is 23.7 Å². The van der Waals surface area contributed by atoms with Crippen molar-refractivity contribution in [3.63, 3.8) is 0 Å². The van der Waals surface area contributed by atoms with Gasteiger partial charge in [-0.25, -0.2) is 4.98 Å².